The SMILES string of the molecule is C[C@@H](Nc1nc(C(=N)NC(=O)O)nc2nc(C3(c4ccccn4)CC3)n(C)c12)C1CCC1. The van der Waals surface area contributed by atoms with Crippen molar-refractivity contribution in [2.45, 2.75) is 50.5 Å². The smallest absolute Gasteiger partial charge is 0.410 e. The minimum Gasteiger partial charge on any atom is -0.465 e. The number of amides is 1. The largest absolute Gasteiger partial charge is 0.465 e. The molecule has 32 heavy (non-hydrogen) atoms. The van der Waals surface area contributed by atoms with Crippen LogP contribution < -0.4 is 10.6 Å². The Hall–Kier alpha value is -3.56. The molecule has 2 fully saturated rings. The van der Waals surface area contributed by atoms with E-state index in [1.165, 1.54) is 19.3 Å². The molecule has 2 aliphatic carbocycles. The van der Waals surface area contributed by atoms with Crippen molar-refractivity contribution in [2.24, 2.45) is 13.0 Å². The summed E-state index contributed by atoms with van der Waals surface area (Å²) >= 11 is 0. The number of fused-ring (bicyclic) bond motifs is 1. The van der Waals surface area contributed by atoms with Gasteiger partial charge in [-0.05, 0) is 50.7 Å². The average Bonchev–Trinajstić information content (AvgIpc) is 3.45. The summed E-state index contributed by atoms with van der Waals surface area (Å²) in [6, 6.07) is 6.10. The van der Waals surface area contributed by atoms with E-state index in [1.807, 2.05) is 35.1 Å². The van der Waals surface area contributed by atoms with Crippen LogP contribution in [0.1, 0.15) is 56.4 Å². The van der Waals surface area contributed by atoms with Crippen LogP contribution in [0, 0.1) is 11.3 Å². The van der Waals surface area contributed by atoms with Gasteiger partial charge >= 0.3 is 6.09 Å². The molecule has 0 unspecified atom stereocenters. The number of aryl methyl sites for hydroxylation is 1. The predicted molar refractivity (Wildman–Crippen MR) is 119 cm³/mol. The summed E-state index contributed by atoms with van der Waals surface area (Å²) in [5.74, 6) is 1.61. The fourth-order valence-electron chi connectivity index (χ4n) is 4.55. The van der Waals surface area contributed by atoms with Crippen molar-refractivity contribution < 1.29 is 9.90 Å². The van der Waals surface area contributed by atoms with E-state index in [-0.39, 0.29) is 23.1 Å². The maximum atomic E-state index is 11.1. The van der Waals surface area contributed by atoms with Gasteiger partial charge in [-0.2, -0.15) is 0 Å². The Morgan fingerprint density at radius 3 is 2.66 bits per heavy atom. The van der Waals surface area contributed by atoms with E-state index in [4.69, 9.17) is 15.5 Å². The number of imidazole rings is 1. The van der Waals surface area contributed by atoms with Crippen LogP contribution in [0.3, 0.4) is 0 Å². The zero-order valence-corrected chi connectivity index (χ0v) is 18.1. The van der Waals surface area contributed by atoms with Crippen LogP contribution in [0.25, 0.3) is 11.2 Å². The topological polar surface area (TPSA) is 142 Å². The molecule has 1 amide bonds. The molecule has 3 heterocycles. The normalized spacial score (nSPS) is 18.1. The summed E-state index contributed by atoms with van der Waals surface area (Å²) in [5.41, 5.74) is 1.90. The Balaban J connectivity index is 1.62. The summed E-state index contributed by atoms with van der Waals surface area (Å²) in [6.45, 7) is 2.13. The van der Waals surface area contributed by atoms with Crippen LogP contribution in [0.4, 0.5) is 10.6 Å². The number of hydrogen-bond donors (Lipinski definition) is 4. The highest BCUT2D eigenvalue weighted by molar-refractivity contribution is 6.03. The first-order chi connectivity index (χ1) is 15.4. The zero-order chi connectivity index (χ0) is 22.5. The highest BCUT2D eigenvalue weighted by atomic mass is 16.4. The predicted octanol–water partition coefficient (Wildman–Crippen LogP) is 3.03. The van der Waals surface area contributed by atoms with Crippen LogP contribution >= 0.6 is 0 Å². The number of nitrogens with zero attached hydrogens (tertiary/aromatic N) is 5. The fraction of sp³-hybridized carbons (Fsp3) is 0.455. The Morgan fingerprint density at radius 1 is 1.28 bits per heavy atom. The molecular weight excluding hydrogens is 408 g/mol. The van der Waals surface area contributed by atoms with E-state index in [0.29, 0.717) is 17.4 Å². The second kappa shape index (κ2) is 7.54. The van der Waals surface area contributed by atoms with Gasteiger partial charge in [0.1, 0.15) is 11.3 Å². The minimum absolute atomic E-state index is 0.00413. The molecule has 0 aliphatic heterocycles. The van der Waals surface area contributed by atoms with E-state index in [0.717, 1.165) is 29.9 Å². The molecule has 2 aliphatic rings. The molecule has 5 rings (SSSR count). The van der Waals surface area contributed by atoms with E-state index in [1.54, 1.807) is 6.20 Å². The molecule has 0 saturated heterocycles. The number of aromatic nitrogens is 5. The maximum absolute atomic E-state index is 11.1. The Kier molecular flexibility index (Phi) is 4.79. The molecule has 166 valence electrons. The Morgan fingerprint density at radius 2 is 2.06 bits per heavy atom. The van der Waals surface area contributed by atoms with Gasteiger partial charge in [-0.25, -0.2) is 19.7 Å². The van der Waals surface area contributed by atoms with Gasteiger partial charge < -0.3 is 15.0 Å². The van der Waals surface area contributed by atoms with Gasteiger partial charge in [0.25, 0.3) is 0 Å². The average molecular weight is 435 g/mol. The van der Waals surface area contributed by atoms with Crippen LogP contribution in [0.15, 0.2) is 24.4 Å². The van der Waals surface area contributed by atoms with Gasteiger partial charge in [0, 0.05) is 19.3 Å². The van der Waals surface area contributed by atoms with Gasteiger partial charge in [0.2, 0.25) is 0 Å². The van der Waals surface area contributed by atoms with Gasteiger partial charge in [-0.15, -0.1) is 0 Å². The first kappa shape index (κ1) is 20.3. The lowest BCUT2D eigenvalue weighted by Gasteiger charge is -2.32. The molecular formula is C22H26N8O2. The van der Waals surface area contributed by atoms with Crippen LogP contribution in [-0.2, 0) is 12.5 Å². The first-order valence-electron chi connectivity index (χ1n) is 10.9. The molecule has 0 spiro atoms. The zero-order valence-electron chi connectivity index (χ0n) is 18.1. The second-order valence-electron chi connectivity index (χ2n) is 8.79. The molecule has 4 N–H and O–H groups in total. The van der Waals surface area contributed by atoms with Gasteiger partial charge in [-0.3, -0.25) is 15.7 Å². The molecule has 1 atom stereocenters. The fourth-order valence-corrected chi connectivity index (χ4v) is 4.55. The summed E-state index contributed by atoms with van der Waals surface area (Å²) < 4.78 is 2.02. The Bertz CT molecular complexity index is 1200. The van der Waals surface area contributed by atoms with Crippen molar-refractivity contribution in [2.75, 3.05) is 5.32 Å². The number of hydrogen-bond acceptors (Lipinski definition) is 7. The lowest BCUT2D eigenvalue weighted by atomic mass is 9.80. The molecule has 0 aromatic carbocycles. The van der Waals surface area contributed by atoms with Crippen molar-refractivity contribution >= 4 is 28.9 Å². The standard InChI is InChI=1S/C22H26N8O2/c1-12(13-6-5-7-13)25-17-15-18(28-19(27-17)16(23)26-21(31)32)29-20(30(15)2)22(9-10-22)14-8-3-4-11-24-14/h3-4,8,11-13H,5-7,9-10H2,1-2H3,(H2,23,26)(H,31,32)(H,25,27,28)/t12-/m1/s1. The lowest BCUT2D eigenvalue weighted by molar-refractivity contribution is 0.200. The molecule has 10 nitrogen and oxygen atoms in total. The van der Waals surface area contributed by atoms with E-state index in [2.05, 4.69) is 27.2 Å². The van der Waals surface area contributed by atoms with Crippen molar-refractivity contribution in [3.05, 3.63) is 41.7 Å². The molecule has 0 bridgehead atoms. The third-order valence-corrected chi connectivity index (χ3v) is 6.74. The molecule has 0 radical (unpaired) electrons. The van der Waals surface area contributed by atoms with Crippen molar-refractivity contribution in [1.29, 1.82) is 5.41 Å². The van der Waals surface area contributed by atoms with E-state index in [9.17, 15) is 4.79 Å². The minimum atomic E-state index is -1.33. The highest BCUT2D eigenvalue weighted by Gasteiger charge is 2.51. The number of carboxylic acid groups (broad SMARTS) is 1. The van der Waals surface area contributed by atoms with Crippen molar-refractivity contribution in [3.8, 4) is 0 Å². The monoisotopic (exact) mass is 434 g/mol. The number of rotatable bonds is 6. The summed E-state index contributed by atoms with van der Waals surface area (Å²) in [7, 11) is 1.96. The number of pyridine rings is 1. The van der Waals surface area contributed by atoms with Crippen molar-refractivity contribution in [1.82, 2.24) is 29.8 Å². The number of anilines is 1. The van der Waals surface area contributed by atoms with Crippen LogP contribution in [-0.4, -0.2) is 47.6 Å². The van der Waals surface area contributed by atoms with Gasteiger partial charge in [-0.1, -0.05) is 12.5 Å². The number of carbonyl (C=O) groups is 1. The summed E-state index contributed by atoms with van der Waals surface area (Å²) in [4.78, 5) is 29.5. The maximum Gasteiger partial charge on any atom is 0.410 e. The van der Waals surface area contributed by atoms with E-state index < -0.39 is 6.09 Å². The van der Waals surface area contributed by atoms with E-state index >= 15 is 0 Å². The molecule has 3 aromatic rings. The quantitative estimate of drug-likeness (QED) is 0.345. The lowest BCUT2D eigenvalue weighted by Crippen LogP contribution is -2.33. The second-order valence-corrected chi connectivity index (χ2v) is 8.79. The number of amidine groups is 1. The van der Waals surface area contributed by atoms with Gasteiger partial charge in [0.15, 0.2) is 23.1 Å². The van der Waals surface area contributed by atoms with Crippen LogP contribution in [0.5, 0.6) is 0 Å². The molecule has 10 heteroatoms. The van der Waals surface area contributed by atoms with Crippen molar-refractivity contribution in [3.63, 3.8) is 0 Å². The Labute approximate surface area is 185 Å². The van der Waals surface area contributed by atoms with Crippen LogP contribution in [0.2, 0.25) is 0 Å². The summed E-state index contributed by atoms with van der Waals surface area (Å²) in [5, 5.41) is 22.7. The summed E-state index contributed by atoms with van der Waals surface area (Å²) in [6.07, 6.45) is 5.93. The van der Waals surface area contributed by atoms with Gasteiger partial charge in [0.05, 0.1) is 11.1 Å². The first-order valence-corrected chi connectivity index (χ1v) is 10.9. The highest BCUT2D eigenvalue weighted by Crippen LogP contribution is 2.52. The molecule has 2 saturated carbocycles. The molecule has 3 aromatic heterocycles. The third-order valence-electron chi connectivity index (χ3n) is 6.74. The number of nitrogens with one attached hydrogen (secondary N) is 3. The third kappa shape index (κ3) is 3.35.